The fourth-order valence-corrected chi connectivity index (χ4v) is 4.08. The van der Waals surface area contributed by atoms with Gasteiger partial charge in [-0.05, 0) is 42.1 Å². The molecule has 160 valence electrons. The Morgan fingerprint density at radius 1 is 1.41 bits per heavy atom. The van der Waals surface area contributed by atoms with E-state index in [1.807, 2.05) is 0 Å². The van der Waals surface area contributed by atoms with Crippen LogP contribution < -0.4 is 0 Å². The normalized spacial score (nSPS) is 25.1. The summed E-state index contributed by atoms with van der Waals surface area (Å²) in [6.45, 7) is -0.0186. The van der Waals surface area contributed by atoms with Crippen LogP contribution in [-0.4, -0.2) is 40.9 Å². The maximum Gasteiger partial charge on any atom is 0.427 e. The molecule has 1 aliphatic heterocycles. The van der Waals surface area contributed by atoms with E-state index in [9.17, 15) is 26.7 Å². The maximum atomic E-state index is 14.4. The molecule has 0 spiro atoms. The Balaban J connectivity index is 1.75. The second-order valence-corrected chi connectivity index (χ2v) is 7.55. The highest BCUT2D eigenvalue weighted by Crippen LogP contribution is 2.41. The van der Waals surface area contributed by atoms with E-state index < -0.39 is 41.7 Å². The first-order valence-corrected chi connectivity index (χ1v) is 9.62. The number of halogens is 5. The molecule has 0 saturated carbocycles. The molecule has 3 unspecified atom stereocenters. The SMILES string of the molecule is O=C(O)CCC1=CC(F)C(OCc2c(C3CCOC3)nsc2C(F)(F)F)C(F)=C1. The molecule has 1 saturated heterocycles. The molecule has 29 heavy (non-hydrogen) atoms. The van der Waals surface area contributed by atoms with Gasteiger partial charge in [-0.15, -0.1) is 0 Å². The van der Waals surface area contributed by atoms with Gasteiger partial charge in [-0.2, -0.15) is 17.5 Å². The second-order valence-electron chi connectivity index (χ2n) is 6.77. The summed E-state index contributed by atoms with van der Waals surface area (Å²) in [7, 11) is 0. The van der Waals surface area contributed by atoms with Gasteiger partial charge in [0.2, 0.25) is 0 Å². The zero-order chi connectivity index (χ0) is 21.2. The lowest BCUT2D eigenvalue weighted by Gasteiger charge is -2.23. The number of allylic oxidation sites excluding steroid dienone is 2. The summed E-state index contributed by atoms with van der Waals surface area (Å²) in [6, 6.07) is 0. The van der Waals surface area contributed by atoms with E-state index in [4.69, 9.17) is 14.6 Å². The number of carboxylic acid groups (broad SMARTS) is 1. The number of nitrogens with zero attached hydrogens (tertiary/aromatic N) is 1. The van der Waals surface area contributed by atoms with Crippen molar-refractivity contribution in [1.82, 2.24) is 4.37 Å². The molecule has 0 radical (unpaired) electrons. The van der Waals surface area contributed by atoms with Crippen molar-refractivity contribution < 1.29 is 41.3 Å². The third kappa shape index (κ3) is 5.20. The zero-order valence-corrected chi connectivity index (χ0v) is 15.9. The third-order valence-electron chi connectivity index (χ3n) is 4.68. The van der Waals surface area contributed by atoms with Crippen LogP contribution in [0.5, 0.6) is 0 Å². The molecule has 1 fully saturated rings. The number of carboxylic acids is 1. The molecule has 1 N–H and O–H groups in total. The Morgan fingerprint density at radius 2 is 2.17 bits per heavy atom. The molecule has 5 nitrogen and oxygen atoms in total. The van der Waals surface area contributed by atoms with Gasteiger partial charge in [0.15, 0.2) is 6.17 Å². The minimum absolute atomic E-state index is 0.0611. The molecule has 2 heterocycles. The second kappa shape index (κ2) is 8.88. The Kier molecular flexibility index (Phi) is 6.69. The fraction of sp³-hybridized carbons (Fsp3) is 0.556. The monoisotopic (exact) mass is 439 g/mol. The topological polar surface area (TPSA) is 68.7 Å². The largest absolute Gasteiger partial charge is 0.481 e. The van der Waals surface area contributed by atoms with Crippen molar-refractivity contribution in [3.63, 3.8) is 0 Å². The van der Waals surface area contributed by atoms with Gasteiger partial charge in [0.05, 0.1) is 18.9 Å². The van der Waals surface area contributed by atoms with Gasteiger partial charge >= 0.3 is 12.1 Å². The van der Waals surface area contributed by atoms with E-state index in [0.29, 0.717) is 13.0 Å². The Bertz CT molecular complexity index is 814. The molecule has 2 aliphatic rings. The first kappa shape index (κ1) is 21.8. The highest BCUT2D eigenvalue weighted by molar-refractivity contribution is 7.06. The van der Waals surface area contributed by atoms with Gasteiger partial charge in [-0.25, -0.2) is 8.78 Å². The van der Waals surface area contributed by atoms with Gasteiger partial charge < -0.3 is 14.6 Å². The van der Waals surface area contributed by atoms with E-state index >= 15 is 0 Å². The number of rotatable bonds is 7. The predicted molar refractivity (Wildman–Crippen MR) is 92.9 cm³/mol. The number of carbonyl (C=O) groups is 1. The summed E-state index contributed by atoms with van der Waals surface area (Å²) in [4.78, 5) is 9.64. The Hall–Kier alpha value is -1.85. The summed E-state index contributed by atoms with van der Waals surface area (Å²) in [6.07, 6.45) is -6.16. The smallest absolute Gasteiger partial charge is 0.427 e. The first-order valence-electron chi connectivity index (χ1n) is 8.85. The van der Waals surface area contributed by atoms with Crippen LogP contribution in [0.15, 0.2) is 23.6 Å². The van der Waals surface area contributed by atoms with E-state index in [1.54, 1.807) is 0 Å². The van der Waals surface area contributed by atoms with Crippen molar-refractivity contribution in [2.45, 2.75) is 50.2 Å². The lowest BCUT2D eigenvalue weighted by Crippen LogP contribution is -2.28. The van der Waals surface area contributed by atoms with Crippen molar-refractivity contribution in [2.24, 2.45) is 0 Å². The third-order valence-corrected chi connectivity index (χ3v) is 5.63. The number of hydrogen-bond donors (Lipinski definition) is 1. The van der Waals surface area contributed by atoms with Crippen molar-refractivity contribution in [1.29, 1.82) is 0 Å². The molecule has 11 heteroatoms. The maximum absolute atomic E-state index is 14.4. The lowest BCUT2D eigenvalue weighted by molar-refractivity contribution is -0.137. The van der Waals surface area contributed by atoms with Gasteiger partial charge in [-0.3, -0.25) is 4.79 Å². The molecule has 0 bridgehead atoms. The van der Waals surface area contributed by atoms with E-state index in [1.165, 1.54) is 0 Å². The number of alkyl halides is 4. The van der Waals surface area contributed by atoms with E-state index in [-0.39, 0.29) is 53.7 Å². The number of ether oxygens (including phenoxy) is 2. The van der Waals surface area contributed by atoms with Crippen LogP contribution in [0.2, 0.25) is 0 Å². The lowest BCUT2D eigenvalue weighted by atomic mass is 9.98. The highest BCUT2D eigenvalue weighted by Gasteiger charge is 2.40. The van der Waals surface area contributed by atoms with Crippen molar-refractivity contribution in [3.8, 4) is 0 Å². The minimum Gasteiger partial charge on any atom is -0.481 e. The molecule has 1 aromatic heterocycles. The first-order chi connectivity index (χ1) is 13.7. The van der Waals surface area contributed by atoms with Crippen molar-refractivity contribution >= 4 is 17.5 Å². The summed E-state index contributed by atoms with van der Waals surface area (Å²) in [5, 5.41) is 8.66. The van der Waals surface area contributed by atoms with E-state index in [0.717, 1.165) is 12.2 Å². The molecular formula is C18H18F5NO4S. The summed E-state index contributed by atoms with van der Waals surface area (Å²) < 4.78 is 83.0. The summed E-state index contributed by atoms with van der Waals surface area (Å²) >= 11 is 0.288. The zero-order valence-electron chi connectivity index (χ0n) is 15.0. The Morgan fingerprint density at radius 3 is 2.76 bits per heavy atom. The van der Waals surface area contributed by atoms with Crippen molar-refractivity contribution in [3.05, 3.63) is 39.7 Å². The van der Waals surface area contributed by atoms with Gasteiger partial charge in [0, 0.05) is 24.5 Å². The molecular weight excluding hydrogens is 421 g/mol. The molecule has 0 aromatic carbocycles. The van der Waals surface area contributed by atoms with Crippen LogP contribution >= 0.6 is 11.5 Å². The fourth-order valence-electron chi connectivity index (χ4n) is 3.26. The number of aromatic nitrogens is 1. The quantitative estimate of drug-likeness (QED) is 0.632. The Labute approximate surface area is 167 Å². The van der Waals surface area contributed by atoms with Gasteiger partial charge in [0.25, 0.3) is 0 Å². The summed E-state index contributed by atoms with van der Waals surface area (Å²) in [5.74, 6) is -2.43. The van der Waals surface area contributed by atoms with Crippen LogP contribution in [0.25, 0.3) is 0 Å². The summed E-state index contributed by atoms with van der Waals surface area (Å²) in [5.41, 5.74) is 0.126. The molecule has 1 aliphatic carbocycles. The predicted octanol–water partition coefficient (Wildman–Crippen LogP) is 4.55. The van der Waals surface area contributed by atoms with Crippen LogP contribution in [0, 0.1) is 0 Å². The van der Waals surface area contributed by atoms with Gasteiger partial charge in [-0.1, -0.05) is 0 Å². The average molecular weight is 439 g/mol. The number of hydrogen-bond acceptors (Lipinski definition) is 5. The van der Waals surface area contributed by atoms with E-state index in [2.05, 4.69) is 4.37 Å². The van der Waals surface area contributed by atoms with Crippen molar-refractivity contribution in [2.75, 3.05) is 13.2 Å². The standard InChI is InChI=1S/C18H18F5NO4S/c19-12-5-9(1-2-14(25)26)6-13(20)16(12)28-8-11-15(10-3-4-27-7-10)24-29-17(11)18(21,22)23/h5-6,10,12,16H,1-4,7-8H2,(H,25,26). The molecule has 0 amide bonds. The number of aliphatic carboxylic acids is 1. The van der Waals surface area contributed by atoms with Crippen LogP contribution in [0.3, 0.4) is 0 Å². The van der Waals surface area contributed by atoms with Crippen LogP contribution in [0.4, 0.5) is 22.0 Å². The highest BCUT2D eigenvalue weighted by atomic mass is 32.1. The molecule has 3 rings (SSSR count). The van der Waals surface area contributed by atoms with Crippen LogP contribution in [-0.2, 0) is 27.1 Å². The average Bonchev–Trinajstić information content (AvgIpc) is 3.27. The molecule has 1 aromatic rings. The minimum atomic E-state index is -4.66. The van der Waals surface area contributed by atoms with Crippen LogP contribution in [0.1, 0.15) is 41.3 Å². The molecule has 3 atom stereocenters. The van der Waals surface area contributed by atoms with Gasteiger partial charge in [0.1, 0.15) is 16.8 Å².